The number of hydrogen-bond donors (Lipinski definition) is 3. The van der Waals surface area contributed by atoms with Gasteiger partial charge in [-0.1, -0.05) is 60.7 Å². The van der Waals surface area contributed by atoms with E-state index in [1.54, 1.807) is 0 Å². The van der Waals surface area contributed by atoms with Crippen LogP contribution in [0.5, 0.6) is 0 Å². The summed E-state index contributed by atoms with van der Waals surface area (Å²) in [5.74, 6) is 0. The lowest BCUT2D eigenvalue weighted by Crippen LogP contribution is -2.18. The highest BCUT2D eigenvalue weighted by Gasteiger charge is 2.12. The van der Waals surface area contributed by atoms with E-state index in [0.717, 1.165) is 30.8 Å². The zero-order chi connectivity index (χ0) is 22.9. The first-order valence-corrected chi connectivity index (χ1v) is 11.3. The predicted octanol–water partition coefficient (Wildman–Crippen LogP) is 6.26. The van der Waals surface area contributed by atoms with Gasteiger partial charge >= 0.3 is 0 Å². The maximum Gasteiger partial charge on any atom is 0.0500 e. The first kappa shape index (κ1) is 23.4. The summed E-state index contributed by atoms with van der Waals surface area (Å²) in [4.78, 5) is 0. The molecule has 5 N–H and O–H groups in total. The Morgan fingerprint density at radius 1 is 1.00 bits per heavy atom. The SMILES string of the molecule is C/C=C\C(N)=C(/C)NCC(/C=C\C)=C/C1=CC=C(c2cc3ccccc3cc2CN)CC1. The van der Waals surface area contributed by atoms with Gasteiger partial charge in [-0.05, 0) is 90.4 Å². The highest BCUT2D eigenvalue weighted by molar-refractivity contribution is 5.88. The third-order valence-corrected chi connectivity index (χ3v) is 5.81. The minimum absolute atomic E-state index is 0.550. The molecular weight excluding hydrogens is 390 g/mol. The Morgan fingerprint density at radius 2 is 1.72 bits per heavy atom. The van der Waals surface area contributed by atoms with Crippen LogP contribution in [0, 0.1) is 0 Å². The van der Waals surface area contributed by atoms with Gasteiger partial charge in [0.25, 0.3) is 0 Å². The van der Waals surface area contributed by atoms with Crippen molar-refractivity contribution in [1.29, 1.82) is 0 Å². The van der Waals surface area contributed by atoms with Gasteiger partial charge < -0.3 is 16.8 Å². The molecule has 2 aromatic carbocycles. The molecule has 0 saturated carbocycles. The molecule has 0 spiro atoms. The summed E-state index contributed by atoms with van der Waals surface area (Å²) in [5.41, 5.74) is 20.3. The number of nitrogens with two attached hydrogens (primary N) is 2. The molecule has 0 aromatic heterocycles. The van der Waals surface area contributed by atoms with Crippen molar-refractivity contribution in [3.05, 3.63) is 113 Å². The van der Waals surface area contributed by atoms with Gasteiger partial charge in [0.1, 0.15) is 0 Å². The Morgan fingerprint density at radius 3 is 2.34 bits per heavy atom. The van der Waals surface area contributed by atoms with Gasteiger partial charge in [-0.25, -0.2) is 0 Å². The third kappa shape index (κ3) is 5.89. The van der Waals surface area contributed by atoms with E-state index < -0.39 is 0 Å². The third-order valence-electron chi connectivity index (χ3n) is 5.81. The number of rotatable bonds is 8. The molecule has 3 heteroatoms. The van der Waals surface area contributed by atoms with Crippen molar-refractivity contribution in [2.45, 2.75) is 40.2 Å². The lowest BCUT2D eigenvalue weighted by Gasteiger charge is -2.18. The summed E-state index contributed by atoms with van der Waals surface area (Å²) in [5, 5.41) is 5.94. The molecule has 166 valence electrons. The fourth-order valence-electron chi connectivity index (χ4n) is 4.00. The zero-order valence-electron chi connectivity index (χ0n) is 19.5. The van der Waals surface area contributed by atoms with E-state index in [2.05, 4.69) is 72.1 Å². The van der Waals surface area contributed by atoms with Crippen LogP contribution in [0.4, 0.5) is 0 Å². The quantitative estimate of drug-likeness (QED) is 0.437. The number of benzene rings is 2. The van der Waals surface area contributed by atoms with Crippen LogP contribution < -0.4 is 16.8 Å². The van der Waals surface area contributed by atoms with Gasteiger partial charge in [0.05, 0.1) is 5.70 Å². The van der Waals surface area contributed by atoms with Crippen molar-refractivity contribution in [3.8, 4) is 0 Å². The molecule has 1 aliphatic rings. The highest BCUT2D eigenvalue weighted by Crippen LogP contribution is 2.32. The normalized spacial score (nSPS) is 15.8. The molecule has 3 rings (SSSR count). The van der Waals surface area contributed by atoms with Crippen LogP contribution in [0.3, 0.4) is 0 Å². The Hall–Kier alpha value is -3.30. The maximum atomic E-state index is 6.09. The van der Waals surface area contributed by atoms with Gasteiger partial charge in [-0.3, -0.25) is 0 Å². The molecule has 0 aliphatic heterocycles. The average Bonchev–Trinajstić information content (AvgIpc) is 2.82. The number of fused-ring (bicyclic) bond motifs is 1. The van der Waals surface area contributed by atoms with E-state index in [-0.39, 0.29) is 0 Å². The number of nitrogens with one attached hydrogen (secondary N) is 1. The maximum absolute atomic E-state index is 6.09. The van der Waals surface area contributed by atoms with Crippen LogP contribution in [0.1, 0.15) is 44.7 Å². The zero-order valence-corrected chi connectivity index (χ0v) is 19.5. The molecule has 0 saturated heterocycles. The molecule has 0 heterocycles. The second-order valence-electron chi connectivity index (χ2n) is 8.15. The first-order valence-electron chi connectivity index (χ1n) is 11.3. The monoisotopic (exact) mass is 425 g/mol. The van der Waals surface area contributed by atoms with E-state index in [4.69, 9.17) is 11.5 Å². The van der Waals surface area contributed by atoms with Crippen molar-refractivity contribution in [2.24, 2.45) is 11.5 Å². The minimum Gasteiger partial charge on any atom is -0.397 e. The fraction of sp³-hybridized carbons (Fsp3) is 0.241. The summed E-state index contributed by atoms with van der Waals surface area (Å²) in [6, 6.07) is 13.0. The molecular formula is C29H35N3. The van der Waals surface area contributed by atoms with E-state index >= 15 is 0 Å². The van der Waals surface area contributed by atoms with Crippen LogP contribution in [-0.4, -0.2) is 6.54 Å². The van der Waals surface area contributed by atoms with Gasteiger partial charge in [-0.2, -0.15) is 0 Å². The lowest BCUT2D eigenvalue weighted by molar-refractivity contribution is 0.864. The Labute approximate surface area is 192 Å². The molecule has 0 unspecified atom stereocenters. The average molecular weight is 426 g/mol. The molecule has 0 amide bonds. The van der Waals surface area contributed by atoms with Crippen molar-refractivity contribution < 1.29 is 0 Å². The van der Waals surface area contributed by atoms with Crippen molar-refractivity contribution in [2.75, 3.05) is 6.54 Å². The first-order chi connectivity index (χ1) is 15.5. The van der Waals surface area contributed by atoms with E-state index in [9.17, 15) is 0 Å². The van der Waals surface area contributed by atoms with Crippen LogP contribution in [0.2, 0.25) is 0 Å². The standard InChI is InChI=1S/C29H35N3/c1-4-8-23(20-32-21(3)29(31)9-5-2)16-22-12-14-24(15-13-22)28-18-26-11-7-6-10-25(26)17-27(28)19-30/h4-12,14,16-18,32H,13,15,19-20,30-31H2,1-3H3/b8-4-,9-5-,23-16+,29-21-. The smallest absolute Gasteiger partial charge is 0.0500 e. The second-order valence-corrected chi connectivity index (χ2v) is 8.15. The Balaban J connectivity index is 1.83. The summed E-state index contributed by atoms with van der Waals surface area (Å²) >= 11 is 0. The van der Waals surface area contributed by atoms with Gasteiger partial charge in [0, 0.05) is 18.8 Å². The van der Waals surface area contributed by atoms with Gasteiger partial charge in [0.15, 0.2) is 0 Å². The van der Waals surface area contributed by atoms with E-state index in [1.807, 2.05) is 32.9 Å². The molecule has 0 fully saturated rings. The largest absolute Gasteiger partial charge is 0.397 e. The number of hydrogen-bond acceptors (Lipinski definition) is 3. The summed E-state index contributed by atoms with van der Waals surface area (Å²) in [6.07, 6.45) is 16.9. The number of allylic oxidation sites excluding steroid dienone is 9. The molecule has 2 aromatic rings. The lowest BCUT2D eigenvalue weighted by atomic mass is 9.88. The minimum atomic E-state index is 0.550. The summed E-state index contributed by atoms with van der Waals surface area (Å²) in [6.45, 7) is 7.32. The van der Waals surface area contributed by atoms with Crippen molar-refractivity contribution in [3.63, 3.8) is 0 Å². The van der Waals surface area contributed by atoms with Gasteiger partial charge in [0.2, 0.25) is 0 Å². The predicted molar refractivity (Wildman–Crippen MR) is 140 cm³/mol. The van der Waals surface area contributed by atoms with Gasteiger partial charge in [-0.15, -0.1) is 0 Å². The van der Waals surface area contributed by atoms with Crippen molar-refractivity contribution in [1.82, 2.24) is 5.32 Å². The topological polar surface area (TPSA) is 64.1 Å². The molecule has 3 nitrogen and oxygen atoms in total. The molecule has 0 radical (unpaired) electrons. The van der Waals surface area contributed by atoms with E-state index in [0.29, 0.717) is 6.54 Å². The van der Waals surface area contributed by atoms with Crippen LogP contribution in [-0.2, 0) is 6.54 Å². The molecule has 32 heavy (non-hydrogen) atoms. The fourth-order valence-corrected chi connectivity index (χ4v) is 4.00. The molecule has 0 bridgehead atoms. The second kappa shape index (κ2) is 11.4. The summed E-state index contributed by atoms with van der Waals surface area (Å²) < 4.78 is 0. The van der Waals surface area contributed by atoms with Crippen LogP contribution in [0.15, 0.2) is 101 Å². The van der Waals surface area contributed by atoms with Crippen molar-refractivity contribution >= 4 is 16.3 Å². The van der Waals surface area contributed by atoms with E-state index in [1.165, 1.54) is 38.6 Å². The molecule has 1 aliphatic carbocycles. The molecule has 0 atom stereocenters. The van der Waals surface area contributed by atoms with Crippen LogP contribution in [0.25, 0.3) is 16.3 Å². The van der Waals surface area contributed by atoms with Crippen LogP contribution >= 0.6 is 0 Å². The summed E-state index contributed by atoms with van der Waals surface area (Å²) in [7, 11) is 0. The Kier molecular flexibility index (Phi) is 8.29. The highest BCUT2D eigenvalue weighted by atomic mass is 14.9. The Bertz CT molecular complexity index is 1140.